The van der Waals surface area contributed by atoms with E-state index in [1.165, 1.54) is 0 Å². The monoisotopic (exact) mass is 313 g/mol. The first-order valence-corrected chi connectivity index (χ1v) is 8.67. The molecule has 0 bridgehead atoms. The van der Waals surface area contributed by atoms with Gasteiger partial charge in [-0.2, -0.15) is 0 Å². The van der Waals surface area contributed by atoms with Crippen molar-refractivity contribution >= 4 is 20.7 Å². The Kier molecular flexibility index (Phi) is 3.37. The summed E-state index contributed by atoms with van der Waals surface area (Å²) in [6.07, 6.45) is 1.07. The van der Waals surface area contributed by atoms with Crippen LogP contribution >= 0.6 is 0 Å². The number of fused-ring (bicyclic) bond motifs is 1. The maximum Gasteiger partial charge on any atom is 0.208 e. The Hall–Kier alpha value is -2.40. The maximum atomic E-state index is 12.7. The molecular weight excluding hydrogens is 298 g/mol. The zero-order valence-electron chi connectivity index (χ0n) is 12.3. The molecule has 112 valence electrons. The lowest BCUT2D eigenvalue weighted by Crippen LogP contribution is -2.20. The molecule has 1 aromatic heterocycles. The number of benzene rings is 2. The second-order valence-corrected chi connectivity index (χ2v) is 7.17. The Balaban J connectivity index is 2.61. The molecule has 5 heteroatoms. The Morgan fingerprint density at radius 3 is 2.14 bits per heavy atom. The summed E-state index contributed by atoms with van der Waals surface area (Å²) in [5, 5.41) is 0.408. The van der Waals surface area contributed by atoms with E-state index in [0.29, 0.717) is 22.2 Å². The van der Waals surface area contributed by atoms with Crippen LogP contribution in [0.15, 0.2) is 64.3 Å². The third-order valence-corrected chi connectivity index (χ3v) is 4.81. The van der Waals surface area contributed by atoms with Gasteiger partial charge in [0, 0.05) is 18.7 Å². The fourth-order valence-corrected chi connectivity index (χ4v) is 3.78. The van der Waals surface area contributed by atoms with Gasteiger partial charge in [0.2, 0.25) is 5.43 Å². The molecule has 3 aromatic rings. The minimum absolute atomic E-state index is 0.153. The summed E-state index contributed by atoms with van der Waals surface area (Å²) in [5.74, 6) is 0. The van der Waals surface area contributed by atoms with Crippen molar-refractivity contribution in [1.82, 2.24) is 4.57 Å². The van der Waals surface area contributed by atoms with Crippen LogP contribution in [-0.4, -0.2) is 19.2 Å². The van der Waals surface area contributed by atoms with Gasteiger partial charge in [0.15, 0.2) is 9.84 Å². The summed E-state index contributed by atoms with van der Waals surface area (Å²) in [5.41, 5.74) is 1.38. The fraction of sp³-hybridized carbons (Fsp3) is 0.118. The van der Waals surface area contributed by atoms with Crippen molar-refractivity contribution in [1.29, 1.82) is 0 Å². The van der Waals surface area contributed by atoms with E-state index in [0.717, 1.165) is 6.26 Å². The van der Waals surface area contributed by atoms with Gasteiger partial charge in [-0.1, -0.05) is 42.5 Å². The van der Waals surface area contributed by atoms with Crippen molar-refractivity contribution in [3.05, 3.63) is 64.8 Å². The Labute approximate surface area is 128 Å². The summed E-state index contributed by atoms with van der Waals surface area (Å²) < 4.78 is 26.2. The fourth-order valence-electron chi connectivity index (χ4n) is 2.73. The first kappa shape index (κ1) is 14.5. The average molecular weight is 313 g/mol. The van der Waals surface area contributed by atoms with Gasteiger partial charge in [-0.05, 0) is 17.7 Å². The molecule has 0 aliphatic heterocycles. The third-order valence-electron chi connectivity index (χ3n) is 3.68. The smallest absolute Gasteiger partial charge is 0.208 e. The molecule has 0 radical (unpaired) electrons. The van der Waals surface area contributed by atoms with Crippen molar-refractivity contribution < 1.29 is 8.42 Å². The van der Waals surface area contributed by atoms with Crippen LogP contribution in [0.25, 0.3) is 22.2 Å². The standard InChI is InChI=1S/C17H15NO3S/c1-18-14-11-7-6-10-13(14)16(19)17(22(2,20)21)15(18)12-8-4-3-5-9-12/h3-11H,1-2H3. The molecule has 0 saturated heterocycles. The van der Waals surface area contributed by atoms with Crippen molar-refractivity contribution in [3.8, 4) is 11.3 Å². The zero-order chi connectivity index (χ0) is 15.9. The minimum Gasteiger partial charge on any atom is -0.342 e. The second-order valence-electron chi connectivity index (χ2n) is 5.22. The van der Waals surface area contributed by atoms with Crippen LogP contribution in [0.1, 0.15) is 0 Å². The van der Waals surface area contributed by atoms with Crippen LogP contribution in [0.4, 0.5) is 0 Å². The van der Waals surface area contributed by atoms with E-state index < -0.39 is 15.3 Å². The average Bonchev–Trinajstić information content (AvgIpc) is 2.50. The number of pyridine rings is 1. The first-order valence-electron chi connectivity index (χ1n) is 6.78. The molecule has 0 amide bonds. The molecule has 0 aliphatic rings. The Morgan fingerprint density at radius 2 is 1.50 bits per heavy atom. The van der Waals surface area contributed by atoms with Gasteiger partial charge in [-0.25, -0.2) is 8.42 Å². The molecule has 0 aliphatic carbocycles. The van der Waals surface area contributed by atoms with Crippen molar-refractivity contribution in [2.45, 2.75) is 4.90 Å². The van der Waals surface area contributed by atoms with E-state index in [2.05, 4.69) is 0 Å². The van der Waals surface area contributed by atoms with E-state index >= 15 is 0 Å². The molecule has 0 fully saturated rings. The molecule has 0 N–H and O–H groups in total. The zero-order valence-corrected chi connectivity index (χ0v) is 13.1. The first-order chi connectivity index (χ1) is 10.4. The molecule has 22 heavy (non-hydrogen) atoms. The number of hydrogen-bond acceptors (Lipinski definition) is 3. The van der Waals surface area contributed by atoms with Crippen LogP contribution in [0.2, 0.25) is 0 Å². The summed E-state index contributed by atoms with van der Waals surface area (Å²) in [6.45, 7) is 0. The van der Waals surface area contributed by atoms with E-state index in [-0.39, 0.29) is 4.90 Å². The molecule has 1 heterocycles. The van der Waals surface area contributed by atoms with Crippen LogP contribution in [0.5, 0.6) is 0 Å². The SMILES string of the molecule is Cn1c(-c2ccccc2)c(S(C)(=O)=O)c(=O)c2ccccc21. The summed E-state index contributed by atoms with van der Waals surface area (Å²) in [7, 11) is -1.88. The number of aromatic nitrogens is 1. The Morgan fingerprint density at radius 1 is 0.909 bits per heavy atom. The highest BCUT2D eigenvalue weighted by molar-refractivity contribution is 7.90. The topological polar surface area (TPSA) is 56.1 Å². The van der Waals surface area contributed by atoms with Gasteiger partial charge in [0.25, 0.3) is 0 Å². The van der Waals surface area contributed by atoms with Crippen LogP contribution in [-0.2, 0) is 16.9 Å². The highest BCUT2D eigenvalue weighted by Gasteiger charge is 2.23. The minimum atomic E-state index is -3.66. The third kappa shape index (κ3) is 2.23. The van der Waals surface area contributed by atoms with Crippen molar-refractivity contribution in [3.63, 3.8) is 0 Å². The van der Waals surface area contributed by atoms with Crippen LogP contribution < -0.4 is 5.43 Å². The molecule has 0 saturated carbocycles. The molecule has 0 atom stereocenters. The summed E-state index contributed by atoms with van der Waals surface area (Å²) in [6, 6.07) is 16.1. The predicted molar refractivity (Wildman–Crippen MR) is 87.7 cm³/mol. The van der Waals surface area contributed by atoms with Gasteiger partial charge < -0.3 is 4.57 Å². The normalized spacial score (nSPS) is 11.7. The lowest BCUT2D eigenvalue weighted by molar-refractivity contribution is 0.600. The molecule has 4 nitrogen and oxygen atoms in total. The van der Waals surface area contributed by atoms with E-state index in [4.69, 9.17) is 0 Å². The largest absolute Gasteiger partial charge is 0.342 e. The van der Waals surface area contributed by atoms with Gasteiger partial charge >= 0.3 is 0 Å². The highest BCUT2D eigenvalue weighted by Crippen LogP contribution is 2.27. The lowest BCUT2D eigenvalue weighted by atomic mass is 10.1. The summed E-state index contributed by atoms with van der Waals surface area (Å²) >= 11 is 0. The van der Waals surface area contributed by atoms with Crippen LogP contribution in [0.3, 0.4) is 0 Å². The predicted octanol–water partition coefficient (Wildman–Crippen LogP) is 2.61. The number of sulfone groups is 1. The number of hydrogen-bond donors (Lipinski definition) is 0. The van der Waals surface area contributed by atoms with Gasteiger partial charge in [0.1, 0.15) is 4.90 Å². The van der Waals surface area contributed by atoms with Crippen molar-refractivity contribution in [2.75, 3.05) is 6.26 Å². The number of nitrogens with zero attached hydrogens (tertiary/aromatic N) is 1. The number of para-hydroxylation sites is 1. The quantitative estimate of drug-likeness (QED) is 0.731. The lowest BCUT2D eigenvalue weighted by Gasteiger charge is -2.16. The molecule has 3 rings (SSSR count). The molecular formula is C17H15NO3S. The highest BCUT2D eigenvalue weighted by atomic mass is 32.2. The van der Waals surface area contributed by atoms with Gasteiger partial charge in [0.05, 0.1) is 11.2 Å². The van der Waals surface area contributed by atoms with Gasteiger partial charge in [-0.3, -0.25) is 4.79 Å². The van der Waals surface area contributed by atoms with Gasteiger partial charge in [-0.15, -0.1) is 0 Å². The van der Waals surface area contributed by atoms with E-state index in [1.807, 2.05) is 30.3 Å². The van der Waals surface area contributed by atoms with E-state index in [1.54, 1.807) is 35.9 Å². The van der Waals surface area contributed by atoms with Crippen molar-refractivity contribution in [2.24, 2.45) is 7.05 Å². The number of aryl methyl sites for hydroxylation is 1. The molecule has 0 unspecified atom stereocenters. The molecule has 0 spiro atoms. The number of rotatable bonds is 2. The summed E-state index contributed by atoms with van der Waals surface area (Å²) in [4.78, 5) is 12.6. The van der Waals surface area contributed by atoms with Crippen LogP contribution in [0, 0.1) is 0 Å². The second kappa shape index (κ2) is 5.10. The Bertz CT molecular complexity index is 1020. The van der Waals surface area contributed by atoms with E-state index in [9.17, 15) is 13.2 Å². The maximum absolute atomic E-state index is 12.7. The molecule has 2 aromatic carbocycles.